The van der Waals surface area contributed by atoms with Crippen LogP contribution in [-0.4, -0.2) is 13.1 Å². The molecule has 0 atom stereocenters. The molecule has 1 heterocycles. The lowest BCUT2D eigenvalue weighted by atomic mass is 10.2. The van der Waals surface area contributed by atoms with Gasteiger partial charge in [0, 0.05) is 6.08 Å². The lowest BCUT2D eigenvalue weighted by molar-refractivity contribution is 0.520. The second kappa shape index (κ2) is 8.19. The normalized spacial score (nSPS) is 15.9. The lowest BCUT2D eigenvalue weighted by Gasteiger charge is -2.08. The van der Waals surface area contributed by atoms with Gasteiger partial charge in [-0.05, 0) is 25.9 Å². The van der Waals surface area contributed by atoms with Gasteiger partial charge in [-0.2, -0.15) is 5.26 Å². The van der Waals surface area contributed by atoms with E-state index in [2.05, 4.69) is 11.9 Å². The fraction of sp³-hybridized carbons (Fsp3) is 0.625. The Morgan fingerprint density at radius 3 is 1.90 bits per heavy atom. The third-order valence-electron chi connectivity index (χ3n) is 1.30. The molecule has 0 aliphatic carbocycles. The van der Waals surface area contributed by atoms with E-state index in [1.807, 2.05) is 0 Å². The predicted molar refractivity (Wildman–Crippen MR) is 42.5 cm³/mol. The van der Waals surface area contributed by atoms with Crippen LogP contribution in [0.3, 0.4) is 0 Å². The topological polar surface area (TPSA) is 35.8 Å². The maximum Gasteiger partial charge on any atom is 0.0905 e. The number of hydrogen-bond acceptors (Lipinski definition) is 2. The third kappa shape index (κ3) is 7.19. The van der Waals surface area contributed by atoms with E-state index in [0.717, 1.165) is 0 Å². The highest BCUT2D eigenvalue weighted by molar-refractivity contribution is 4.93. The van der Waals surface area contributed by atoms with Gasteiger partial charge < -0.3 is 5.32 Å². The van der Waals surface area contributed by atoms with Crippen molar-refractivity contribution < 1.29 is 0 Å². The van der Waals surface area contributed by atoms with Gasteiger partial charge in [-0.1, -0.05) is 13.0 Å². The molecule has 0 aromatic rings. The van der Waals surface area contributed by atoms with Crippen LogP contribution in [0.5, 0.6) is 0 Å². The van der Waals surface area contributed by atoms with Crippen LogP contribution in [-0.2, 0) is 0 Å². The van der Waals surface area contributed by atoms with Crippen molar-refractivity contribution in [3.8, 4) is 6.07 Å². The van der Waals surface area contributed by atoms with Crippen molar-refractivity contribution in [3.05, 3.63) is 12.7 Å². The van der Waals surface area contributed by atoms with Crippen LogP contribution in [0, 0.1) is 11.3 Å². The molecule has 0 spiro atoms. The molecule has 2 heteroatoms. The molecule has 1 aliphatic rings. The number of allylic oxidation sites excluding steroid dienone is 1. The minimum atomic E-state index is 1.18. The van der Waals surface area contributed by atoms with E-state index >= 15 is 0 Å². The molecule has 0 bridgehead atoms. The number of rotatable bonds is 0. The summed E-state index contributed by atoms with van der Waals surface area (Å²) in [5, 5.41) is 10.8. The number of nitriles is 1. The molecule has 0 saturated carbocycles. The first kappa shape index (κ1) is 9.19. The van der Waals surface area contributed by atoms with E-state index in [1.54, 1.807) is 6.07 Å². The molecule has 0 aromatic carbocycles. The minimum absolute atomic E-state index is 1.18. The van der Waals surface area contributed by atoms with Crippen molar-refractivity contribution in [2.24, 2.45) is 0 Å². The molecule has 1 saturated heterocycles. The maximum atomic E-state index is 7.51. The summed E-state index contributed by atoms with van der Waals surface area (Å²) in [5.41, 5.74) is 0. The van der Waals surface area contributed by atoms with Gasteiger partial charge in [0.05, 0.1) is 6.07 Å². The number of nitrogens with one attached hydrogen (secondary N) is 1. The molecular formula is C8H14N2. The highest BCUT2D eigenvalue weighted by atomic mass is 14.9. The van der Waals surface area contributed by atoms with Crippen LogP contribution >= 0.6 is 0 Å². The Bertz CT molecular complexity index is 97.4. The van der Waals surface area contributed by atoms with Gasteiger partial charge in [0.2, 0.25) is 0 Å². The largest absolute Gasteiger partial charge is 0.317 e. The summed E-state index contributed by atoms with van der Waals surface area (Å²) in [4.78, 5) is 0. The second-order valence-electron chi connectivity index (χ2n) is 2.14. The molecule has 0 aromatic heterocycles. The Morgan fingerprint density at radius 2 is 1.80 bits per heavy atom. The van der Waals surface area contributed by atoms with Gasteiger partial charge in [-0.15, -0.1) is 0 Å². The van der Waals surface area contributed by atoms with E-state index in [9.17, 15) is 0 Å². The first-order chi connectivity index (χ1) is 4.91. The van der Waals surface area contributed by atoms with Crippen molar-refractivity contribution in [1.82, 2.24) is 5.32 Å². The summed E-state index contributed by atoms with van der Waals surface area (Å²) in [6.45, 7) is 5.62. The average molecular weight is 138 g/mol. The van der Waals surface area contributed by atoms with E-state index in [4.69, 9.17) is 5.26 Å². The van der Waals surface area contributed by atoms with E-state index in [0.29, 0.717) is 0 Å². The van der Waals surface area contributed by atoms with Gasteiger partial charge in [-0.25, -0.2) is 0 Å². The smallest absolute Gasteiger partial charge is 0.0905 e. The molecule has 1 rings (SSSR count). The molecule has 2 nitrogen and oxygen atoms in total. The molecule has 0 amide bonds. The number of piperidine rings is 1. The van der Waals surface area contributed by atoms with Crippen molar-refractivity contribution in [2.45, 2.75) is 19.3 Å². The van der Waals surface area contributed by atoms with Crippen molar-refractivity contribution in [3.63, 3.8) is 0 Å². The molecule has 0 unspecified atom stereocenters. The fourth-order valence-corrected chi connectivity index (χ4v) is 0.802. The summed E-state index contributed by atoms with van der Waals surface area (Å²) >= 11 is 0. The summed E-state index contributed by atoms with van der Waals surface area (Å²) in [7, 11) is 0. The van der Waals surface area contributed by atoms with E-state index in [1.165, 1.54) is 38.4 Å². The highest BCUT2D eigenvalue weighted by Crippen LogP contribution is 1.96. The van der Waals surface area contributed by atoms with E-state index in [-0.39, 0.29) is 0 Å². The number of nitrogens with zero attached hydrogens (tertiary/aromatic N) is 1. The monoisotopic (exact) mass is 138 g/mol. The van der Waals surface area contributed by atoms with Crippen LogP contribution in [0.4, 0.5) is 0 Å². The standard InChI is InChI=1S/C5H11N.C3H3N/c1-2-4-6-5-3-1;1-2-3-4/h6H,1-5H2;2H,1H2. The summed E-state index contributed by atoms with van der Waals surface area (Å²) < 4.78 is 0. The zero-order chi connectivity index (χ0) is 7.66. The minimum Gasteiger partial charge on any atom is -0.317 e. The fourth-order valence-electron chi connectivity index (χ4n) is 0.802. The summed E-state index contributed by atoms with van der Waals surface area (Å²) in [6, 6.07) is 1.69. The second-order valence-corrected chi connectivity index (χ2v) is 2.14. The summed E-state index contributed by atoms with van der Waals surface area (Å²) in [5.74, 6) is 0. The Morgan fingerprint density at radius 1 is 1.30 bits per heavy atom. The predicted octanol–water partition coefficient (Wildman–Crippen LogP) is 1.46. The van der Waals surface area contributed by atoms with Crippen LogP contribution < -0.4 is 5.32 Å². The lowest BCUT2D eigenvalue weighted by Crippen LogP contribution is -2.21. The molecule has 10 heavy (non-hydrogen) atoms. The van der Waals surface area contributed by atoms with Crippen molar-refractivity contribution in [1.29, 1.82) is 5.26 Å². The van der Waals surface area contributed by atoms with Gasteiger partial charge in [-0.3, -0.25) is 0 Å². The quantitative estimate of drug-likeness (QED) is 0.514. The molecular weight excluding hydrogens is 124 g/mol. The molecule has 1 aliphatic heterocycles. The van der Waals surface area contributed by atoms with Crippen LogP contribution in [0.25, 0.3) is 0 Å². The Balaban J connectivity index is 0.000000180. The van der Waals surface area contributed by atoms with Crippen molar-refractivity contribution in [2.75, 3.05) is 13.1 Å². The number of hydrogen-bond donors (Lipinski definition) is 1. The molecule has 1 N–H and O–H groups in total. The van der Waals surface area contributed by atoms with Gasteiger partial charge in [0.15, 0.2) is 0 Å². The molecule has 0 radical (unpaired) electrons. The Hall–Kier alpha value is -0.810. The molecule has 56 valence electrons. The van der Waals surface area contributed by atoms with Gasteiger partial charge >= 0.3 is 0 Å². The first-order valence-electron chi connectivity index (χ1n) is 3.63. The van der Waals surface area contributed by atoms with Crippen molar-refractivity contribution >= 4 is 0 Å². The zero-order valence-corrected chi connectivity index (χ0v) is 6.27. The van der Waals surface area contributed by atoms with Gasteiger partial charge in [0.1, 0.15) is 0 Å². The maximum absolute atomic E-state index is 7.51. The average Bonchev–Trinajstić information content (AvgIpc) is 2.08. The Labute approximate surface area is 62.5 Å². The van der Waals surface area contributed by atoms with Crippen LogP contribution in [0.1, 0.15) is 19.3 Å². The van der Waals surface area contributed by atoms with Crippen LogP contribution in [0.15, 0.2) is 12.7 Å². The molecule has 1 fully saturated rings. The highest BCUT2D eigenvalue weighted by Gasteiger charge is 1.93. The zero-order valence-electron chi connectivity index (χ0n) is 6.27. The SMILES string of the molecule is C1CCNCC1.C=CC#N. The first-order valence-corrected chi connectivity index (χ1v) is 3.63. The Kier molecular flexibility index (Phi) is 7.53. The van der Waals surface area contributed by atoms with Gasteiger partial charge in [0.25, 0.3) is 0 Å². The third-order valence-corrected chi connectivity index (χ3v) is 1.30. The van der Waals surface area contributed by atoms with Crippen LogP contribution in [0.2, 0.25) is 0 Å². The van der Waals surface area contributed by atoms with E-state index < -0.39 is 0 Å². The summed E-state index contributed by atoms with van der Waals surface area (Å²) in [6.07, 6.45) is 5.40.